The fourth-order valence-corrected chi connectivity index (χ4v) is 4.03. The van der Waals surface area contributed by atoms with Gasteiger partial charge in [0.05, 0.1) is 19.5 Å². The molecule has 3 rings (SSSR count). The van der Waals surface area contributed by atoms with Crippen LogP contribution in [-0.4, -0.2) is 58.8 Å². The molecule has 34 heavy (non-hydrogen) atoms. The minimum Gasteiger partial charge on any atom is -0.467 e. The summed E-state index contributed by atoms with van der Waals surface area (Å²) >= 11 is 1.58. The van der Waals surface area contributed by atoms with Gasteiger partial charge in [0, 0.05) is 29.4 Å². The monoisotopic (exact) mass is 480 g/mol. The number of aromatic nitrogens is 2. The molecule has 178 valence electrons. The number of amides is 1. The summed E-state index contributed by atoms with van der Waals surface area (Å²) in [6.45, 7) is 0. The molecule has 9 heteroatoms. The number of hydrogen-bond donors (Lipinski definition) is 3. The number of carbonyl (C=O) groups excluding carboxylic acids is 3. The second kappa shape index (κ2) is 12.2. The molecule has 1 unspecified atom stereocenters. The van der Waals surface area contributed by atoms with Gasteiger partial charge in [0.1, 0.15) is 6.04 Å². The summed E-state index contributed by atoms with van der Waals surface area (Å²) in [5.74, 6) is -0.477. The number of H-pyrrole nitrogens is 1. The lowest BCUT2D eigenvalue weighted by Crippen LogP contribution is -2.42. The first kappa shape index (κ1) is 25.2. The molecule has 0 spiro atoms. The minimum atomic E-state index is -0.766. The predicted molar refractivity (Wildman–Crippen MR) is 133 cm³/mol. The number of thioether (sulfide) groups is 1. The van der Waals surface area contributed by atoms with Crippen molar-refractivity contribution in [2.75, 3.05) is 19.1 Å². The van der Waals surface area contributed by atoms with Gasteiger partial charge in [0.15, 0.2) is 5.78 Å². The van der Waals surface area contributed by atoms with Crippen LogP contribution in [0.2, 0.25) is 0 Å². The molecule has 0 saturated carbocycles. The van der Waals surface area contributed by atoms with Crippen molar-refractivity contribution in [1.29, 1.82) is 0 Å². The Hall–Kier alpha value is -3.43. The molecule has 2 atom stereocenters. The van der Waals surface area contributed by atoms with E-state index in [1.54, 1.807) is 36.2 Å². The summed E-state index contributed by atoms with van der Waals surface area (Å²) in [4.78, 5) is 45.3. The van der Waals surface area contributed by atoms with Crippen molar-refractivity contribution in [3.63, 3.8) is 0 Å². The number of nitrogens with two attached hydrogens (primary N) is 1. The van der Waals surface area contributed by atoms with Crippen LogP contribution in [0.25, 0.3) is 11.1 Å². The Bertz CT molecular complexity index is 1120. The smallest absolute Gasteiger partial charge is 0.328 e. The maximum atomic E-state index is 13.2. The highest BCUT2D eigenvalue weighted by molar-refractivity contribution is 7.98. The number of carbonyl (C=O) groups is 3. The van der Waals surface area contributed by atoms with Gasteiger partial charge in [-0.05, 0) is 41.7 Å². The number of nitrogens with one attached hydrogen (secondary N) is 2. The van der Waals surface area contributed by atoms with Gasteiger partial charge in [-0.1, -0.05) is 36.4 Å². The van der Waals surface area contributed by atoms with Crippen LogP contribution in [0, 0.1) is 0 Å². The van der Waals surface area contributed by atoms with Crippen LogP contribution in [0.4, 0.5) is 0 Å². The topological polar surface area (TPSA) is 127 Å². The van der Waals surface area contributed by atoms with Gasteiger partial charge < -0.3 is 20.8 Å². The van der Waals surface area contributed by atoms with Gasteiger partial charge in [-0.25, -0.2) is 9.78 Å². The highest BCUT2D eigenvalue weighted by atomic mass is 32.2. The minimum absolute atomic E-state index is 0.244. The van der Waals surface area contributed by atoms with Gasteiger partial charge in [-0.2, -0.15) is 11.8 Å². The molecular weight excluding hydrogens is 452 g/mol. The molecule has 0 aliphatic carbocycles. The van der Waals surface area contributed by atoms with Crippen LogP contribution in [0.3, 0.4) is 0 Å². The van der Waals surface area contributed by atoms with Crippen molar-refractivity contribution in [2.45, 2.75) is 24.9 Å². The summed E-state index contributed by atoms with van der Waals surface area (Å²) in [6.07, 6.45) is 5.85. The molecule has 3 aromatic rings. The average Bonchev–Trinajstić information content (AvgIpc) is 3.38. The normalized spacial score (nSPS) is 12.6. The number of rotatable bonds is 11. The first-order valence-corrected chi connectivity index (χ1v) is 12.2. The van der Waals surface area contributed by atoms with Crippen LogP contribution < -0.4 is 11.1 Å². The van der Waals surface area contributed by atoms with E-state index in [1.807, 2.05) is 36.6 Å². The zero-order valence-corrected chi connectivity index (χ0v) is 19.9. The third-order valence-corrected chi connectivity index (χ3v) is 6.01. The summed E-state index contributed by atoms with van der Waals surface area (Å²) in [6, 6.07) is 12.6. The van der Waals surface area contributed by atoms with E-state index >= 15 is 0 Å². The number of methoxy groups -OCH3 is 1. The molecule has 1 amide bonds. The van der Waals surface area contributed by atoms with Crippen LogP contribution in [0.15, 0.2) is 61.1 Å². The Labute approximate surface area is 202 Å². The van der Waals surface area contributed by atoms with E-state index in [0.717, 1.165) is 11.3 Å². The van der Waals surface area contributed by atoms with Crippen molar-refractivity contribution in [3.05, 3.63) is 77.9 Å². The van der Waals surface area contributed by atoms with E-state index in [4.69, 9.17) is 10.5 Å². The second-order valence-corrected chi connectivity index (χ2v) is 8.69. The zero-order chi connectivity index (χ0) is 24.5. The van der Waals surface area contributed by atoms with E-state index in [9.17, 15) is 14.4 Å². The largest absolute Gasteiger partial charge is 0.467 e. The highest BCUT2D eigenvalue weighted by Gasteiger charge is 2.25. The Morgan fingerprint density at radius 3 is 2.59 bits per heavy atom. The number of imidazole rings is 1. The number of Topliss-reactive ketones (excluding diaryl/α,β-unsaturated/α-hetero) is 1. The lowest BCUT2D eigenvalue weighted by molar-refractivity contribution is -0.142. The average molecular weight is 481 g/mol. The van der Waals surface area contributed by atoms with E-state index in [0.29, 0.717) is 35.3 Å². The molecule has 8 nitrogen and oxygen atoms in total. The molecule has 4 N–H and O–H groups in total. The fourth-order valence-electron chi connectivity index (χ4n) is 3.55. The molecular formula is C25H28N4O4S. The summed E-state index contributed by atoms with van der Waals surface area (Å²) in [5.41, 5.74) is 9.01. The predicted octanol–water partition coefficient (Wildman–Crippen LogP) is 2.85. The lowest BCUT2D eigenvalue weighted by atomic mass is 9.93. The van der Waals surface area contributed by atoms with Crippen molar-refractivity contribution in [3.8, 4) is 11.1 Å². The maximum absolute atomic E-state index is 13.2. The van der Waals surface area contributed by atoms with E-state index in [1.165, 1.54) is 13.4 Å². The molecule has 0 aliphatic rings. The molecule has 0 fully saturated rings. The molecule has 0 radical (unpaired) electrons. The van der Waals surface area contributed by atoms with Crippen molar-refractivity contribution < 1.29 is 19.1 Å². The van der Waals surface area contributed by atoms with E-state index < -0.39 is 24.0 Å². The van der Waals surface area contributed by atoms with Gasteiger partial charge in [0.25, 0.3) is 5.91 Å². The molecule has 0 saturated heterocycles. The van der Waals surface area contributed by atoms with Gasteiger partial charge in [0.2, 0.25) is 0 Å². The first-order valence-electron chi connectivity index (χ1n) is 10.8. The Kier molecular flexibility index (Phi) is 9.00. The Morgan fingerprint density at radius 1 is 1.18 bits per heavy atom. The van der Waals surface area contributed by atoms with Crippen LogP contribution in [0.5, 0.6) is 0 Å². The molecule has 1 heterocycles. The molecule has 0 aliphatic heterocycles. The van der Waals surface area contributed by atoms with Crippen molar-refractivity contribution in [1.82, 2.24) is 15.3 Å². The quantitative estimate of drug-likeness (QED) is 0.284. The molecule has 2 aromatic carbocycles. The number of ether oxygens (including phenoxy) is 1. The van der Waals surface area contributed by atoms with Gasteiger partial charge >= 0.3 is 5.97 Å². The van der Waals surface area contributed by atoms with Crippen LogP contribution >= 0.6 is 11.8 Å². The number of aromatic amines is 1. The molecule has 0 bridgehead atoms. The van der Waals surface area contributed by atoms with Crippen molar-refractivity contribution >= 4 is 29.4 Å². The van der Waals surface area contributed by atoms with Gasteiger partial charge in [-0.3, -0.25) is 9.59 Å². The fraction of sp³-hybridized carbons (Fsp3) is 0.280. The van der Waals surface area contributed by atoms with Crippen LogP contribution in [0.1, 0.15) is 32.8 Å². The maximum Gasteiger partial charge on any atom is 0.328 e. The summed E-state index contributed by atoms with van der Waals surface area (Å²) in [7, 11) is 1.29. The Morgan fingerprint density at radius 2 is 1.94 bits per heavy atom. The Balaban J connectivity index is 1.91. The van der Waals surface area contributed by atoms with Crippen LogP contribution in [-0.2, 0) is 16.0 Å². The van der Waals surface area contributed by atoms with E-state index in [-0.39, 0.29) is 5.78 Å². The van der Waals surface area contributed by atoms with Gasteiger partial charge in [-0.15, -0.1) is 0 Å². The van der Waals surface area contributed by atoms with E-state index in [2.05, 4.69) is 15.3 Å². The number of ketones is 1. The first-order chi connectivity index (χ1) is 16.4. The zero-order valence-electron chi connectivity index (χ0n) is 19.1. The third kappa shape index (κ3) is 6.33. The number of nitrogens with zero attached hydrogens (tertiary/aromatic N) is 1. The second-order valence-electron chi connectivity index (χ2n) is 7.71. The highest BCUT2D eigenvalue weighted by Crippen LogP contribution is 2.26. The number of benzene rings is 2. The van der Waals surface area contributed by atoms with Crippen molar-refractivity contribution in [2.24, 2.45) is 5.73 Å². The number of esters is 1. The standard InChI is InChI=1S/C25H28N4O4S/c1-33-25(32)22(10-11-34-2)29-24(31)19-9-8-17(12-20(19)16-6-4-3-5-7-16)23(30)21(26)13-18-14-27-15-28-18/h3-9,12,14-15,21-22H,10-11,13,26H2,1-2H3,(H,27,28)(H,29,31)/t21-,22?/m0/s1. The third-order valence-electron chi connectivity index (χ3n) is 5.37. The SMILES string of the molecule is COC(=O)C(CCSC)NC(=O)c1ccc(C(=O)[C@@H](N)Cc2cnc[nH]2)cc1-c1ccccc1. The number of hydrogen-bond acceptors (Lipinski definition) is 7. The molecule has 1 aromatic heterocycles. The summed E-state index contributed by atoms with van der Waals surface area (Å²) in [5, 5.41) is 2.78. The summed E-state index contributed by atoms with van der Waals surface area (Å²) < 4.78 is 4.85. The lowest BCUT2D eigenvalue weighted by Gasteiger charge is -2.18.